The Bertz CT molecular complexity index is 902. The molecule has 1 atom stereocenters. The molecule has 0 bridgehead atoms. The molecule has 2 aromatic rings. The highest BCUT2D eigenvalue weighted by Crippen LogP contribution is 2.14. The van der Waals surface area contributed by atoms with Crippen molar-refractivity contribution in [3.8, 4) is 5.75 Å². The summed E-state index contributed by atoms with van der Waals surface area (Å²) in [6.45, 7) is 7.76. The first-order chi connectivity index (χ1) is 15.5. The monoisotopic (exact) mass is 435 g/mol. The van der Waals surface area contributed by atoms with Crippen molar-refractivity contribution in [2.75, 3.05) is 39.8 Å². The van der Waals surface area contributed by atoms with Gasteiger partial charge in [-0.3, -0.25) is 14.5 Å². The molecule has 1 N–H and O–H groups in total. The molecule has 0 saturated carbocycles. The van der Waals surface area contributed by atoms with Crippen LogP contribution in [-0.2, 0) is 4.79 Å². The average molecular weight is 436 g/mol. The highest BCUT2D eigenvalue weighted by molar-refractivity contribution is 5.97. The van der Waals surface area contributed by atoms with Gasteiger partial charge in [-0.1, -0.05) is 56.3 Å². The summed E-state index contributed by atoms with van der Waals surface area (Å²) in [6.07, 6.45) is 4.29. The lowest BCUT2D eigenvalue weighted by molar-refractivity contribution is -0.136. The van der Waals surface area contributed by atoms with Gasteiger partial charge in [0.1, 0.15) is 11.8 Å². The molecule has 3 rings (SSSR count). The quantitative estimate of drug-likeness (QED) is 0.691. The van der Waals surface area contributed by atoms with Crippen LogP contribution in [0.4, 0.5) is 0 Å². The zero-order chi connectivity index (χ0) is 22.9. The first kappa shape index (κ1) is 23.5. The van der Waals surface area contributed by atoms with Gasteiger partial charge in [-0.2, -0.15) is 0 Å². The third-order valence-electron chi connectivity index (χ3n) is 5.73. The van der Waals surface area contributed by atoms with Crippen molar-refractivity contribution in [1.29, 1.82) is 0 Å². The first-order valence-corrected chi connectivity index (χ1v) is 11.2. The topological polar surface area (TPSA) is 61.9 Å². The molecule has 6 heteroatoms. The zero-order valence-corrected chi connectivity index (χ0v) is 19.2. The minimum Gasteiger partial charge on any atom is -0.497 e. The van der Waals surface area contributed by atoms with Gasteiger partial charge in [-0.05, 0) is 35.7 Å². The molecule has 1 unspecified atom stereocenters. The summed E-state index contributed by atoms with van der Waals surface area (Å²) in [5.74, 6) is 0.428. The number of ether oxygens (including phenoxy) is 1. The van der Waals surface area contributed by atoms with Gasteiger partial charge in [0.25, 0.3) is 5.91 Å². The second-order valence-electron chi connectivity index (χ2n) is 8.36. The zero-order valence-electron chi connectivity index (χ0n) is 19.2. The van der Waals surface area contributed by atoms with Crippen LogP contribution in [0.3, 0.4) is 0 Å². The van der Waals surface area contributed by atoms with Crippen LogP contribution in [0.1, 0.15) is 29.8 Å². The van der Waals surface area contributed by atoms with E-state index in [9.17, 15) is 9.59 Å². The second-order valence-corrected chi connectivity index (χ2v) is 8.36. The summed E-state index contributed by atoms with van der Waals surface area (Å²) in [7, 11) is 1.59. The van der Waals surface area contributed by atoms with Crippen molar-refractivity contribution >= 4 is 17.9 Å². The lowest BCUT2D eigenvalue weighted by Gasteiger charge is -2.37. The number of methoxy groups -OCH3 is 1. The number of carbonyl (C=O) groups excluding carboxylic acids is 2. The molecule has 2 amide bonds. The highest BCUT2D eigenvalue weighted by atomic mass is 16.5. The SMILES string of the molecule is COc1ccc(C(=O)NC(C(=O)N2CCN(C/C=C/c3ccccc3)CC2)C(C)C)cc1. The van der Waals surface area contributed by atoms with Gasteiger partial charge >= 0.3 is 0 Å². The normalized spacial score (nSPS) is 15.7. The highest BCUT2D eigenvalue weighted by Gasteiger charge is 2.30. The Balaban J connectivity index is 1.52. The van der Waals surface area contributed by atoms with E-state index in [4.69, 9.17) is 4.74 Å². The molecule has 0 spiro atoms. The van der Waals surface area contributed by atoms with Gasteiger partial charge in [0.2, 0.25) is 5.91 Å². The van der Waals surface area contributed by atoms with E-state index < -0.39 is 6.04 Å². The Morgan fingerprint density at radius 3 is 2.25 bits per heavy atom. The Kier molecular flexibility index (Phi) is 8.45. The molecule has 170 valence electrons. The molecular formula is C26H33N3O3. The van der Waals surface area contributed by atoms with Crippen LogP contribution >= 0.6 is 0 Å². The second kappa shape index (κ2) is 11.5. The van der Waals surface area contributed by atoms with Crippen LogP contribution in [0.25, 0.3) is 6.08 Å². The van der Waals surface area contributed by atoms with Crippen LogP contribution in [0.5, 0.6) is 5.75 Å². The molecule has 1 fully saturated rings. The maximum atomic E-state index is 13.2. The Labute approximate surface area is 190 Å². The largest absolute Gasteiger partial charge is 0.497 e. The lowest BCUT2D eigenvalue weighted by Crippen LogP contribution is -2.56. The summed E-state index contributed by atoms with van der Waals surface area (Å²) in [6, 6.07) is 16.6. The van der Waals surface area contributed by atoms with Crippen molar-refractivity contribution in [3.63, 3.8) is 0 Å². The van der Waals surface area contributed by atoms with Crippen LogP contribution in [-0.4, -0.2) is 67.5 Å². The third kappa shape index (κ3) is 6.44. The summed E-state index contributed by atoms with van der Waals surface area (Å²) >= 11 is 0. The van der Waals surface area contributed by atoms with E-state index in [1.165, 1.54) is 5.56 Å². The minimum absolute atomic E-state index is 0.00321. The van der Waals surface area contributed by atoms with E-state index in [-0.39, 0.29) is 17.7 Å². The van der Waals surface area contributed by atoms with Gasteiger partial charge in [0.15, 0.2) is 0 Å². The Morgan fingerprint density at radius 1 is 1.00 bits per heavy atom. The van der Waals surface area contributed by atoms with Gasteiger partial charge in [-0.15, -0.1) is 0 Å². The van der Waals surface area contributed by atoms with E-state index >= 15 is 0 Å². The molecular weight excluding hydrogens is 402 g/mol. The molecule has 0 aromatic heterocycles. The number of rotatable bonds is 8. The van der Waals surface area contributed by atoms with Crippen LogP contribution in [0, 0.1) is 5.92 Å². The molecule has 32 heavy (non-hydrogen) atoms. The van der Waals surface area contributed by atoms with Crippen LogP contribution in [0.2, 0.25) is 0 Å². The van der Waals surface area contributed by atoms with Gasteiger partial charge in [0, 0.05) is 38.3 Å². The van der Waals surface area contributed by atoms with E-state index in [1.807, 2.05) is 36.9 Å². The van der Waals surface area contributed by atoms with Crippen molar-refractivity contribution in [3.05, 3.63) is 71.8 Å². The van der Waals surface area contributed by atoms with Crippen LogP contribution in [0.15, 0.2) is 60.7 Å². The van der Waals surface area contributed by atoms with Gasteiger partial charge < -0.3 is 15.0 Å². The van der Waals surface area contributed by atoms with Crippen molar-refractivity contribution in [2.24, 2.45) is 5.92 Å². The van der Waals surface area contributed by atoms with Crippen LogP contribution < -0.4 is 10.1 Å². The summed E-state index contributed by atoms with van der Waals surface area (Å²) in [4.78, 5) is 30.1. The molecule has 6 nitrogen and oxygen atoms in total. The number of amides is 2. The Morgan fingerprint density at radius 2 is 1.66 bits per heavy atom. The summed E-state index contributed by atoms with van der Waals surface area (Å²) in [5, 5.41) is 2.94. The fourth-order valence-electron chi connectivity index (χ4n) is 3.73. The molecule has 1 aliphatic heterocycles. The number of benzene rings is 2. The molecule has 0 radical (unpaired) electrons. The molecule has 1 heterocycles. The average Bonchev–Trinajstić information content (AvgIpc) is 2.83. The number of hydrogen-bond donors (Lipinski definition) is 1. The fraction of sp³-hybridized carbons (Fsp3) is 0.385. The van der Waals surface area contributed by atoms with Gasteiger partial charge in [0.05, 0.1) is 7.11 Å². The number of hydrogen-bond acceptors (Lipinski definition) is 4. The lowest BCUT2D eigenvalue weighted by atomic mass is 10.0. The molecule has 0 aliphatic carbocycles. The molecule has 1 aliphatic rings. The number of nitrogens with zero attached hydrogens (tertiary/aromatic N) is 2. The molecule has 1 saturated heterocycles. The fourth-order valence-corrected chi connectivity index (χ4v) is 3.73. The summed E-state index contributed by atoms with van der Waals surface area (Å²) in [5.41, 5.74) is 1.70. The third-order valence-corrected chi connectivity index (χ3v) is 5.73. The number of piperazine rings is 1. The number of nitrogens with one attached hydrogen (secondary N) is 1. The van der Waals surface area contributed by atoms with E-state index in [2.05, 4.69) is 34.5 Å². The minimum atomic E-state index is -0.547. The predicted octanol–water partition coefficient (Wildman–Crippen LogP) is 3.31. The van der Waals surface area contributed by atoms with Gasteiger partial charge in [-0.25, -0.2) is 0 Å². The predicted molar refractivity (Wildman–Crippen MR) is 128 cm³/mol. The first-order valence-electron chi connectivity index (χ1n) is 11.2. The van der Waals surface area contributed by atoms with Crippen molar-refractivity contribution in [2.45, 2.75) is 19.9 Å². The summed E-state index contributed by atoms with van der Waals surface area (Å²) < 4.78 is 5.14. The van der Waals surface area contributed by atoms with Crippen molar-refractivity contribution in [1.82, 2.24) is 15.1 Å². The van der Waals surface area contributed by atoms with E-state index in [0.29, 0.717) is 24.4 Å². The maximum absolute atomic E-state index is 13.2. The smallest absolute Gasteiger partial charge is 0.251 e. The molecule has 2 aromatic carbocycles. The Hall–Kier alpha value is -3.12. The van der Waals surface area contributed by atoms with Crippen molar-refractivity contribution < 1.29 is 14.3 Å². The van der Waals surface area contributed by atoms with E-state index in [0.717, 1.165) is 19.6 Å². The maximum Gasteiger partial charge on any atom is 0.251 e. The van der Waals surface area contributed by atoms with E-state index in [1.54, 1.807) is 31.4 Å². The number of carbonyl (C=O) groups is 2. The standard InChI is InChI=1S/C26H33N3O3/c1-20(2)24(27-25(30)22-11-13-23(32-3)14-12-22)26(31)29-18-16-28(17-19-29)15-7-10-21-8-5-4-6-9-21/h4-14,20,24H,15-19H2,1-3H3,(H,27,30)/b10-7+.